The number of carbonyl (C=O) groups excluding carboxylic acids is 2. The van der Waals surface area contributed by atoms with Crippen molar-refractivity contribution < 1.29 is 14.3 Å². The van der Waals surface area contributed by atoms with Gasteiger partial charge in [0.25, 0.3) is 0 Å². The van der Waals surface area contributed by atoms with Crippen molar-refractivity contribution in [2.45, 2.75) is 57.0 Å². The fourth-order valence-corrected chi connectivity index (χ4v) is 6.99. The molecule has 0 bridgehead atoms. The molecule has 0 spiro atoms. The number of aryl methyl sites for hydroxylation is 3. The van der Waals surface area contributed by atoms with Gasteiger partial charge in [0, 0.05) is 29.2 Å². The maximum Gasteiger partial charge on any atom is 0.341 e. The summed E-state index contributed by atoms with van der Waals surface area (Å²) in [6, 6.07) is 20.4. The van der Waals surface area contributed by atoms with Gasteiger partial charge in [-0.15, -0.1) is 21.5 Å². The second kappa shape index (κ2) is 13.1. The summed E-state index contributed by atoms with van der Waals surface area (Å²) in [5.74, 6) is 0.956. The lowest BCUT2D eigenvalue weighted by Gasteiger charge is -2.12. The van der Waals surface area contributed by atoms with Crippen LogP contribution in [0.1, 0.15) is 58.4 Å². The fourth-order valence-electron chi connectivity index (χ4n) is 4.79. The molecule has 0 atom stereocenters. The molecule has 1 aliphatic carbocycles. The second-order valence-corrected chi connectivity index (χ2v) is 11.5. The molecular weight excluding hydrogens is 528 g/mol. The zero-order chi connectivity index (χ0) is 27.0. The largest absolute Gasteiger partial charge is 0.462 e. The predicted octanol–water partition coefficient (Wildman–Crippen LogP) is 6.29. The molecule has 5 rings (SSSR count). The van der Waals surface area contributed by atoms with Gasteiger partial charge >= 0.3 is 5.97 Å². The number of esters is 1. The Morgan fingerprint density at radius 3 is 2.51 bits per heavy atom. The normalized spacial score (nSPS) is 12.6. The van der Waals surface area contributed by atoms with Gasteiger partial charge in [-0.05, 0) is 62.3 Å². The molecule has 2 heterocycles. The van der Waals surface area contributed by atoms with Crippen molar-refractivity contribution >= 4 is 40.0 Å². The zero-order valence-corrected chi connectivity index (χ0v) is 23.7. The lowest BCUT2D eigenvalue weighted by Crippen LogP contribution is -2.16. The number of rotatable bonds is 11. The Kier molecular flexibility index (Phi) is 9.11. The molecule has 202 valence electrons. The van der Waals surface area contributed by atoms with Crippen molar-refractivity contribution in [3.8, 4) is 5.69 Å². The van der Waals surface area contributed by atoms with Gasteiger partial charge in [-0.25, -0.2) is 4.79 Å². The SMILES string of the molecule is CCOC(=O)c1c(NC(=O)CCSc2nnc(CCc3ccccc3)n2-c2ccccc2)sc2c1CCCC2. The number of para-hydroxylation sites is 1. The number of benzene rings is 2. The molecular formula is C30H32N4O3S2. The molecule has 39 heavy (non-hydrogen) atoms. The molecule has 9 heteroatoms. The monoisotopic (exact) mass is 560 g/mol. The van der Waals surface area contributed by atoms with Crippen molar-refractivity contribution in [3.05, 3.63) is 88.1 Å². The molecule has 2 aromatic carbocycles. The minimum atomic E-state index is -0.347. The molecule has 1 aliphatic rings. The van der Waals surface area contributed by atoms with E-state index >= 15 is 0 Å². The number of carbonyl (C=O) groups is 2. The van der Waals surface area contributed by atoms with Crippen LogP contribution in [0.15, 0.2) is 65.8 Å². The van der Waals surface area contributed by atoms with Crippen LogP contribution in [-0.2, 0) is 35.2 Å². The van der Waals surface area contributed by atoms with Crippen LogP contribution in [0.4, 0.5) is 5.00 Å². The number of hydrogen-bond acceptors (Lipinski definition) is 7. The third-order valence-electron chi connectivity index (χ3n) is 6.66. The number of amides is 1. The van der Waals surface area contributed by atoms with Crippen molar-refractivity contribution in [2.75, 3.05) is 17.7 Å². The van der Waals surface area contributed by atoms with Gasteiger partial charge in [0.2, 0.25) is 5.91 Å². The van der Waals surface area contributed by atoms with Gasteiger partial charge in [0.1, 0.15) is 10.8 Å². The summed E-state index contributed by atoms with van der Waals surface area (Å²) in [5, 5.41) is 13.4. The Balaban J connectivity index is 1.26. The number of aromatic nitrogens is 3. The van der Waals surface area contributed by atoms with Gasteiger partial charge in [0.15, 0.2) is 5.16 Å². The first kappa shape index (κ1) is 27.1. The van der Waals surface area contributed by atoms with E-state index in [0.717, 1.165) is 60.8 Å². The highest BCUT2D eigenvalue weighted by atomic mass is 32.2. The Bertz CT molecular complexity index is 1420. The third-order valence-corrected chi connectivity index (χ3v) is 8.80. The number of thiophene rings is 1. The van der Waals surface area contributed by atoms with Crippen LogP contribution in [0, 0.1) is 0 Å². The molecule has 4 aromatic rings. The number of nitrogens with one attached hydrogen (secondary N) is 1. The van der Waals surface area contributed by atoms with E-state index in [1.165, 1.54) is 33.5 Å². The average molecular weight is 561 g/mol. The second-order valence-electron chi connectivity index (χ2n) is 9.34. The highest BCUT2D eigenvalue weighted by molar-refractivity contribution is 7.99. The minimum absolute atomic E-state index is 0.123. The molecule has 0 radical (unpaired) electrons. The number of ether oxygens (including phenoxy) is 1. The zero-order valence-electron chi connectivity index (χ0n) is 22.0. The number of hydrogen-bond donors (Lipinski definition) is 1. The number of anilines is 1. The van der Waals surface area contributed by atoms with Crippen LogP contribution in [-0.4, -0.2) is 39.0 Å². The van der Waals surface area contributed by atoms with Crippen LogP contribution in [0.3, 0.4) is 0 Å². The molecule has 1 N–H and O–H groups in total. The van der Waals surface area contributed by atoms with E-state index in [2.05, 4.69) is 32.2 Å². The minimum Gasteiger partial charge on any atom is -0.462 e. The summed E-state index contributed by atoms with van der Waals surface area (Å²) in [6.45, 7) is 2.11. The van der Waals surface area contributed by atoms with E-state index in [4.69, 9.17) is 4.74 Å². The van der Waals surface area contributed by atoms with Crippen molar-refractivity contribution in [1.82, 2.24) is 14.8 Å². The Hall–Kier alpha value is -3.43. The summed E-state index contributed by atoms with van der Waals surface area (Å²) in [7, 11) is 0. The van der Waals surface area contributed by atoms with E-state index in [-0.39, 0.29) is 18.3 Å². The highest BCUT2D eigenvalue weighted by Crippen LogP contribution is 2.38. The molecule has 0 saturated carbocycles. The first-order valence-electron chi connectivity index (χ1n) is 13.4. The van der Waals surface area contributed by atoms with Gasteiger partial charge in [-0.1, -0.05) is 60.3 Å². The molecule has 2 aromatic heterocycles. The van der Waals surface area contributed by atoms with Gasteiger partial charge in [-0.3, -0.25) is 9.36 Å². The van der Waals surface area contributed by atoms with Crippen LogP contribution < -0.4 is 5.32 Å². The third kappa shape index (κ3) is 6.59. The van der Waals surface area contributed by atoms with Crippen LogP contribution in [0.2, 0.25) is 0 Å². The average Bonchev–Trinajstić information content (AvgIpc) is 3.53. The lowest BCUT2D eigenvalue weighted by atomic mass is 9.95. The molecule has 0 unspecified atom stereocenters. The van der Waals surface area contributed by atoms with Gasteiger partial charge in [0.05, 0.1) is 12.2 Å². The molecule has 0 saturated heterocycles. The maximum absolute atomic E-state index is 13.0. The van der Waals surface area contributed by atoms with Crippen LogP contribution in [0.25, 0.3) is 5.69 Å². The van der Waals surface area contributed by atoms with E-state index in [1.54, 1.807) is 6.92 Å². The predicted molar refractivity (Wildman–Crippen MR) is 156 cm³/mol. The number of fused-ring (bicyclic) bond motifs is 1. The maximum atomic E-state index is 13.0. The van der Waals surface area contributed by atoms with Crippen molar-refractivity contribution in [2.24, 2.45) is 0 Å². The van der Waals surface area contributed by atoms with Crippen molar-refractivity contribution in [1.29, 1.82) is 0 Å². The number of nitrogens with zero attached hydrogens (tertiary/aromatic N) is 3. The standard InChI is InChI=1S/C30H32N4O3S2/c1-2-37-29(36)27-23-15-9-10-16-24(23)39-28(27)31-26(35)19-20-38-30-33-32-25(18-17-21-11-5-3-6-12-21)34(30)22-13-7-4-8-14-22/h3-8,11-14H,2,9-10,15-20H2,1H3,(H,31,35). The van der Waals surface area contributed by atoms with E-state index in [0.29, 0.717) is 22.9 Å². The van der Waals surface area contributed by atoms with E-state index in [9.17, 15) is 9.59 Å². The molecule has 7 nitrogen and oxygen atoms in total. The first-order valence-corrected chi connectivity index (χ1v) is 15.2. The Morgan fingerprint density at radius 1 is 1.00 bits per heavy atom. The van der Waals surface area contributed by atoms with E-state index in [1.807, 2.05) is 48.5 Å². The van der Waals surface area contributed by atoms with E-state index < -0.39 is 0 Å². The van der Waals surface area contributed by atoms with Crippen LogP contribution >= 0.6 is 23.1 Å². The summed E-state index contributed by atoms with van der Waals surface area (Å²) in [5.41, 5.74) is 3.85. The Labute approximate surface area is 237 Å². The summed E-state index contributed by atoms with van der Waals surface area (Å²) >= 11 is 3.02. The topological polar surface area (TPSA) is 86.1 Å². The summed E-state index contributed by atoms with van der Waals surface area (Å²) in [6.07, 6.45) is 5.87. The number of thioether (sulfide) groups is 1. The Morgan fingerprint density at radius 2 is 1.74 bits per heavy atom. The summed E-state index contributed by atoms with van der Waals surface area (Å²) < 4.78 is 7.39. The quantitative estimate of drug-likeness (QED) is 0.171. The van der Waals surface area contributed by atoms with Crippen LogP contribution in [0.5, 0.6) is 0 Å². The smallest absolute Gasteiger partial charge is 0.341 e. The molecule has 1 amide bonds. The summed E-state index contributed by atoms with van der Waals surface area (Å²) in [4.78, 5) is 26.9. The fraction of sp³-hybridized carbons (Fsp3) is 0.333. The highest BCUT2D eigenvalue weighted by Gasteiger charge is 2.27. The first-order chi connectivity index (χ1) is 19.1. The van der Waals surface area contributed by atoms with Gasteiger partial charge in [-0.2, -0.15) is 0 Å². The molecule has 0 fully saturated rings. The van der Waals surface area contributed by atoms with Crippen molar-refractivity contribution in [3.63, 3.8) is 0 Å². The van der Waals surface area contributed by atoms with Gasteiger partial charge < -0.3 is 10.1 Å². The lowest BCUT2D eigenvalue weighted by molar-refractivity contribution is -0.115. The molecule has 0 aliphatic heterocycles.